The van der Waals surface area contributed by atoms with Crippen LogP contribution in [0.1, 0.15) is 46.0 Å². The van der Waals surface area contributed by atoms with Crippen LogP contribution in [0.25, 0.3) is 0 Å². The number of carbonyl (C=O) groups excluding carboxylic acids is 1. The van der Waals surface area contributed by atoms with Gasteiger partial charge in [-0.15, -0.1) is 0 Å². The summed E-state index contributed by atoms with van der Waals surface area (Å²) >= 11 is 0. The summed E-state index contributed by atoms with van der Waals surface area (Å²) in [6.07, 6.45) is 5.72. The Morgan fingerprint density at radius 3 is 2.74 bits per heavy atom. The lowest BCUT2D eigenvalue weighted by molar-refractivity contribution is -0.147. The Labute approximate surface area is 141 Å². The number of methoxy groups -OCH3 is 1. The van der Waals surface area contributed by atoms with Gasteiger partial charge < -0.3 is 14.4 Å². The van der Waals surface area contributed by atoms with E-state index >= 15 is 0 Å². The third-order valence-electron chi connectivity index (χ3n) is 5.14. The molecule has 0 N–H and O–H groups in total. The Morgan fingerprint density at radius 2 is 2.00 bits per heavy atom. The van der Waals surface area contributed by atoms with E-state index in [2.05, 4.69) is 11.8 Å². The summed E-state index contributed by atoms with van der Waals surface area (Å²) < 4.78 is 11.2. The summed E-state index contributed by atoms with van der Waals surface area (Å²) in [5, 5.41) is 0. The smallest absolute Gasteiger partial charge is 0.251 e. The van der Waals surface area contributed by atoms with Gasteiger partial charge in [0.1, 0.15) is 6.10 Å². The van der Waals surface area contributed by atoms with E-state index in [1.807, 2.05) is 11.8 Å². The molecule has 1 saturated carbocycles. The maximum absolute atomic E-state index is 12.7. The van der Waals surface area contributed by atoms with Crippen LogP contribution in [0, 0.1) is 5.92 Å². The molecule has 1 saturated heterocycles. The third kappa shape index (κ3) is 6.05. The quantitative estimate of drug-likeness (QED) is 0.750. The molecule has 0 aromatic rings. The zero-order chi connectivity index (χ0) is 16.7. The fourth-order valence-corrected chi connectivity index (χ4v) is 3.74. The second-order valence-corrected chi connectivity index (χ2v) is 7.19. The van der Waals surface area contributed by atoms with Gasteiger partial charge in [-0.25, -0.2) is 0 Å². The van der Waals surface area contributed by atoms with Crippen molar-refractivity contribution in [3.63, 3.8) is 0 Å². The van der Waals surface area contributed by atoms with E-state index in [4.69, 9.17) is 9.47 Å². The number of hydrogen-bond acceptors (Lipinski definition) is 4. The first kappa shape index (κ1) is 18.7. The molecule has 23 heavy (non-hydrogen) atoms. The molecule has 0 unspecified atom stereocenters. The molecule has 2 aliphatic rings. The highest BCUT2D eigenvalue weighted by Gasteiger charge is 2.27. The molecule has 0 aromatic heterocycles. The normalized spacial score (nSPS) is 28.4. The first-order valence-corrected chi connectivity index (χ1v) is 9.25. The minimum atomic E-state index is -0.309. The molecule has 1 amide bonds. The SMILES string of the molecule is COCCN1CCCN(C(=O)[C@H](C)O[C@H]2CCC[C@@H](C)C2)CC1. The Balaban J connectivity index is 1.77. The molecular weight excluding hydrogens is 292 g/mol. The summed E-state index contributed by atoms with van der Waals surface area (Å²) in [6.45, 7) is 9.54. The van der Waals surface area contributed by atoms with Gasteiger partial charge in [0.25, 0.3) is 5.91 Å². The second kappa shape index (κ2) is 9.60. The summed E-state index contributed by atoms with van der Waals surface area (Å²) in [7, 11) is 1.73. The van der Waals surface area contributed by atoms with Gasteiger partial charge in [0.05, 0.1) is 12.7 Å². The van der Waals surface area contributed by atoms with Gasteiger partial charge in [-0.05, 0) is 38.6 Å². The minimum absolute atomic E-state index is 0.164. The molecule has 3 atom stereocenters. The largest absolute Gasteiger partial charge is 0.383 e. The van der Waals surface area contributed by atoms with E-state index in [1.54, 1.807) is 7.11 Å². The molecule has 0 radical (unpaired) electrons. The Hall–Kier alpha value is -0.650. The second-order valence-electron chi connectivity index (χ2n) is 7.19. The first-order chi connectivity index (χ1) is 11.1. The molecule has 1 heterocycles. The molecular formula is C18H34N2O3. The highest BCUT2D eigenvalue weighted by Crippen LogP contribution is 2.26. The van der Waals surface area contributed by atoms with Crippen LogP contribution in [-0.4, -0.2) is 74.4 Å². The lowest BCUT2D eigenvalue weighted by Gasteiger charge is -2.31. The number of ether oxygens (including phenoxy) is 2. The van der Waals surface area contributed by atoms with Crippen LogP contribution < -0.4 is 0 Å². The average Bonchev–Trinajstić information content (AvgIpc) is 2.77. The van der Waals surface area contributed by atoms with Crippen molar-refractivity contribution in [1.82, 2.24) is 9.80 Å². The zero-order valence-electron chi connectivity index (χ0n) is 15.1. The van der Waals surface area contributed by atoms with E-state index in [1.165, 1.54) is 12.8 Å². The Morgan fingerprint density at radius 1 is 1.17 bits per heavy atom. The lowest BCUT2D eigenvalue weighted by atomic mass is 9.88. The first-order valence-electron chi connectivity index (χ1n) is 9.25. The molecule has 0 aromatic carbocycles. The van der Waals surface area contributed by atoms with Gasteiger partial charge in [0, 0.05) is 33.3 Å². The van der Waals surface area contributed by atoms with Crippen molar-refractivity contribution in [2.75, 3.05) is 46.4 Å². The molecule has 134 valence electrons. The van der Waals surface area contributed by atoms with Crippen LogP contribution in [0.4, 0.5) is 0 Å². The van der Waals surface area contributed by atoms with Crippen LogP contribution in [0.2, 0.25) is 0 Å². The lowest BCUT2D eigenvalue weighted by Crippen LogP contribution is -2.43. The van der Waals surface area contributed by atoms with Crippen LogP contribution in [-0.2, 0) is 14.3 Å². The minimum Gasteiger partial charge on any atom is -0.383 e. The molecule has 2 fully saturated rings. The van der Waals surface area contributed by atoms with Crippen LogP contribution >= 0.6 is 0 Å². The molecule has 5 heteroatoms. The van der Waals surface area contributed by atoms with Crippen molar-refractivity contribution in [3.8, 4) is 0 Å². The van der Waals surface area contributed by atoms with E-state index in [0.717, 1.165) is 64.5 Å². The molecule has 0 bridgehead atoms. The fourth-order valence-electron chi connectivity index (χ4n) is 3.74. The summed E-state index contributed by atoms with van der Waals surface area (Å²) in [5.41, 5.74) is 0. The summed E-state index contributed by atoms with van der Waals surface area (Å²) in [6, 6.07) is 0. The fraction of sp³-hybridized carbons (Fsp3) is 0.944. The van der Waals surface area contributed by atoms with Gasteiger partial charge in [-0.2, -0.15) is 0 Å². The molecule has 2 rings (SSSR count). The van der Waals surface area contributed by atoms with Crippen LogP contribution in [0.5, 0.6) is 0 Å². The Bertz CT molecular complexity index is 364. The summed E-state index contributed by atoms with van der Waals surface area (Å²) in [4.78, 5) is 17.1. The maximum atomic E-state index is 12.7. The van der Waals surface area contributed by atoms with E-state index in [9.17, 15) is 4.79 Å². The standard InChI is InChI=1S/C18H34N2O3/c1-15-6-4-7-17(14-15)23-16(2)18(21)20-9-5-8-19(10-11-20)12-13-22-3/h15-17H,4-14H2,1-3H3/t15-,16+,17+/m1/s1. The van der Waals surface area contributed by atoms with Gasteiger partial charge in [0.2, 0.25) is 0 Å². The van der Waals surface area contributed by atoms with Crippen LogP contribution in [0.3, 0.4) is 0 Å². The third-order valence-corrected chi connectivity index (χ3v) is 5.14. The Kier molecular flexibility index (Phi) is 7.80. The predicted octanol–water partition coefficient (Wildman–Crippen LogP) is 2.15. The zero-order valence-corrected chi connectivity index (χ0v) is 15.1. The molecule has 1 aliphatic carbocycles. The highest BCUT2D eigenvalue weighted by atomic mass is 16.5. The number of nitrogens with zero attached hydrogens (tertiary/aromatic N) is 2. The van der Waals surface area contributed by atoms with Crippen molar-refractivity contribution < 1.29 is 14.3 Å². The number of amides is 1. The van der Waals surface area contributed by atoms with Crippen molar-refractivity contribution in [3.05, 3.63) is 0 Å². The number of carbonyl (C=O) groups is 1. The van der Waals surface area contributed by atoms with Gasteiger partial charge in [-0.3, -0.25) is 9.69 Å². The average molecular weight is 326 g/mol. The van der Waals surface area contributed by atoms with Crippen molar-refractivity contribution in [1.29, 1.82) is 0 Å². The van der Waals surface area contributed by atoms with Crippen molar-refractivity contribution in [2.45, 2.75) is 58.2 Å². The topological polar surface area (TPSA) is 42.0 Å². The van der Waals surface area contributed by atoms with Crippen molar-refractivity contribution >= 4 is 5.91 Å². The summed E-state index contributed by atoms with van der Waals surface area (Å²) in [5.74, 6) is 0.889. The van der Waals surface area contributed by atoms with E-state index in [-0.39, 0.29) is 18.1 Å². The number of rotatable bonds is 6. The van der Waals surface area contributed by atoms with E-state index < -0.39 is 0 Å². The van der Waals surface area contributed by atoms with Gasteiger partial charge in [-0.1, -0.05) is 19.8 Å². The van der Waals surface area contributed by atoms with E-state index in [0.29, 0.717) is 0 Å². The van der Waals surface area contributed by atoms with Gasteiger partial charge in [0.15, 0.2) is 0 Å². The van der Waals surface area contributed by atoms with Crippen molar-refractivity contribution in [2.24, 2.45) is 5.92 Å². The van der Waals surface area contributed by atoms with Crippen LogP contribution in [0.15, 0.2) is 0 Å². The molecule has 1 aliphatic heterocycles. The maximum Gasteiger partial charge on any atom is 0.251 e. The molecule has 5 nitrogen and oxygen atoms in total. The number of hydrogen-bond donors (Lipinski definition) is 0. The monoisotopic (exact) mass is 326 g/mol. The van der Waals surface area contributed by atoms with Gasteiger partial charge >= 0.3 is 0 Å². The predicted molar refractivity (Wildman–Crippen MR) is 91.5 cm³/mol. The molecule has 0 spiro atoms. The highest BCUT2D eigenvalue weighted by molar-refractivity contribution is 5.80.